The summed E-state index contributed by atoms with van der Waals surface area (Å²) in [4.78, 5) is 28.4. The van der Waals surface area contributed by atoms with Crippen molar-refractivity contribution >= 4 is 17.6 Å². The molecule has 0 saturated heterocycles. The van der Waals surface area contributed by atoms with Crippen LogP contribution in [0.15, 0.2) is 59.1 Å². The van der Waals surface area contributed by atoms with E-state index >= 15 is 0 Å². The van der Waals surface area contributed by atoms with Crippen LogP contribution in [0, 0.1) is 0 Å². The molecule has 0 spiro atoms. The second-order valence-corrected chi connectivity index (χ2v) is 6.98. The highest BCUT2D eigenvalue weighted by molar-refractivity contribution is 6.01. The first-order valence-electron chi connectivity index (χ1n) is 9.50. The number of aromatic nitrogens is 1. The van der Waals surface area contributed by atoms with Gasteiger partial charge in [0, 0.05) is 18.4 Å². The maximum absolute atomic E-state index is 12.3. The molecule has 0 unspecified atom stereocenters. The fourth-order valence-electron chi connectivity index (χ4n) is 2.90. The Morgan fingerprint density at radius 2 is 1.83 bits per heavy atom. The molecule has 0 saturated carbocycles. The molecule has 0 atom stereocenters. The Kier molecular flexibility index (Phi) is 6.44. The zero-order chi connectivity index (χ0) is 20.8. The van der Waals surface area contributed by atoms with Gasteiger partial charge in [0.05, 0.1) is 24.6 Å². The van der Waals surface area contributed by atoms with Crippen LogP contribution in [0.25, 0.3) is 11.3 Å². The predicted octanol–water partition coefficient (Wildman–Crippen LogP) is 4.82. The maximum Gasteiger partial charge on any atom is 0.339 e. The Bertz CT molecular complexity index is 990. The zero-order valence-corrected chi connectivity index (χ0v) is 16.8. The van der Waals surface area contributed by atoms with Gasteiger partial charge < -0.3 is 14.5 Å². The van der Waals surface area contributed by atoms with Crippen LogP contribution in [0.4, 0.5) is 5.69 Å². The molecule has 1 heterocycles. The van der Waals surface area contributed by atoms with Gasteiger partial charge in [0.1, 0.15) is 0 Å². The number of nitrogens with one attached hydrogen (secondary N) is 1. The van der Waals surface area contributed by atoms with E-state index in [1.165, 1.54) is 12.7 Å². The Morgan fingerprint density at radius 3 is 2.52 bits per heavy atom. The molecule has 0 aliphatic heterocycles. The van der Waals surface area contributed by atoms with Gasteiger partial charge >= 0.3 is 5.97 Å². The lowest BCUT2D eigenvalue weighted by atomic mass is 10.0. The molecular formula is C23H24N2O4. The number of rotatable bonds is 7. The molecule has 0 bridgehead atoms. The van der Waals surface area contributed by atoms with E-state index in [9.17, 15) is 9.59 Å². The van der Waals surface area contributed by atoms with Gasteiger partial charge in [-0.05, 0) is 23.6 Å². The standard InChI is InChI=1S/C23H24N2O4/c1-15(2)16-8-10-17(11-9-16)20-14-24-22(29-20)13-12-21(26)25-19-7-5-4-6-18(19)23(27)28-3/h4-11,14-15H,12-13H2,1-3H3,(H,25,26). The quantitative estimate of drug-likeness (QED) is 0.583. The van der Waals surface area contributed by atoms with Crippen LogP contribution >= 0.6 is 0 Å². The number of methoxy groups -OCH3 is 1. The van der Waals surface area contributed by atoms with Gasteiger partial charge in [-0.3, -0.25) is 4.79 Å². The predicted molar refractivity (Wildman–Crippen MR) is 111 cm³/mol. The zero-order valence-electron chi connectivity index (χ0n) is 16.8. The number of amides is 1. The Hall–Kier alpha value is -3.41. The van der Waals surface area contributed by atoms with Crippen molar-refractivity contribution in [1.29, 1.82) is 0 Å². The molecule has 1 amide bonds. The number of hydrogen-bond acceptors (Lipinski definition) is 5. The van der Waals surface area contributed by atoms with Gasteiger partial charge in [0.2, 0.25) is 5.91 Å². The Balaban J connectivity index is 1.60. The van der Waals surface area contributed by atoms with E-state index in [1.807, 2.05) is 12.1 Å². The van der Waals surface area contributed by atoms with Gasteiger partial charge in [-0.1, -0.05) is 50.2 Å². The number of anilines is 1. The summed E-state index contributed by atoms with van der Waals surface area (Å²) >= 11 is 0. The lowest BCUT2D eigenvalue weighted by Crippen LogP contribution is -2.15. The first-order chi connectivity index (χ1) is 14.0. The lowest BCUT2D eigenvalue weighted by molar-refractivity contribution is -0.116. The number of esters is 1. The molecule has 0 aliphatic carbocycles. The van der Waals surface area contributed by atoms with Crippen LogP contribution < -0.4 is 5.32 Å². The summed E-state index contributed by atoms with van der Waals surface area (Å²) in [5, 5.41) is 2.74. The third-order valence-electron chi connectivity index (χ3n) is 4.59. The van der Waals surface area contributed by atoms with Crippen molar-refractivity contribution in [3.8, 4) is 11.3 Å². The number of para-hydroxylation sites is 1. The van der Waals surface area contributed by atoms with Gasteiger partial charge in [-0.25, -0.2) is 9.78 Å². The minimum Gasteiger partial charge on any atom is -0.465 e. The van der Waals surface area contributed by atoms with E-state index in [2.05, 4.69) is 36.3 Å². The van der Waals surface area contributed by atoms with Crippen molar-refractivity contribution < 1.29 is 18.7 Å². The number of nitrogens with zero attached hydrogens (tertiary/aromatic N) is 1. The van der Waals surface area contributed by atoms with Crippen LogP contribution in [-0.2, 0) is 16.0 Å². The van der Waals surface area contributed by atoms with Crippen LogP contribution in [0.2, 0.25) is 0 Å². The number of hydrogen-bond donors (Lipinski definition) is 1. The van der Waals surface area contributed by atoms with Crippen molar-refractivity contribution in [1.82, 2.24) is 4.98 Å². The van der Waals surface area contributed by atoms with Crippen LogP contribution in [-0.4, -0.2) is 24.0 Å². The molecule has 0 aliphatic rings. The highest BCUT2D eigenvalue weighted by Crippen LogP contribution is 2.24. The molecule has 6 heteroatoms. The van der Waals surface area contributed by atoms with E-state index in [0.717, 1.165) is 5.56 Å². The molecule has 1 N–H and O–H groups in total. The molecule has 2 aromatic carbocycles. The normalized spacial score (nSPS) is 10.8. The molecular weight excluding hydrogens is 368 g/mol. The molecule has 3 rings (SSSR count). The molecule has 3 aromatic rings. The highest BCUT2D eigenvalue weighted by Gasteiger charge is 2.14. The summed E-state index contributed by atoms with van der Waals surface area (Å²) in [7, 11) is 1.30. The van der Waals surface area contributed by atoms with Crippen molar-refractivity contribution in [2.24, 2.45) is 0 Å². The summed E-state index contributed by atoms with van der Waals surface area (Å²) in [6, 6.07) is 14.9. The third kappa shape index (κ3) is 5.10. The Labute approximate surface area is 169 Å². The van der Waals surface area contributed by atoms with Gasteiger partial charge in [-0.2, -0.15) is 0 Å². The first-order valence-corrected chi connectivity index (χ1v) is 9.50. The molecule has 0 radical (unpaired) electrons. The summed E-state index contributed by atoms with van der Waals surface area (Å²) in [5.74, 6) is 0.900. The molecule has 0 fully saturated rings. The van der Waals surface area contributed by atoms with Crippen molar-refractivity contribution in [2.45, 2.75) is 32.6 Å². The smallest absolute Gasteiger partial charge is 0.339 e. The third-order valence-corrected chi connectivity index (χ3v) is 4.59. The van der Waals surface area contributed by atoms with Crippen LogP contribution in [0.1, 0.15) is 48.0 Å². The van der Waals surface area contributed by atoms with Crippen molar-refractivity contribution in [2.75, 3.05) is 12.4 Å². The van der Waals surface area contributed by atoms with Gasteiger partial charge in [0.25, 0.3) is 0 Å². The number of benzene rings is 2. The average Bonchev–Trinajstić information content (AvgIpc) is 3.21. The molecule has 1 aromatic heterocycles. The van der Waals surface area contributed by atoms with E-state index in [0.29, 0.717) is 35.2 Å². The topological polar surface area (TPSA) is 81.4 Å². The molecule has 150 valence electrons. The van der Waals surface area contributed by atoms with Crippen molar-refractivity contribution in [3.05, 3.63) is 71.7 Å². The summed E-state index contributed by atoms with van der Waals surface area (Å²) < 4.78 is 10.5. The van der Waals surface area contributed by atoms with Gasteiger partial charge in [-0.15, -0.1) is 0 Å². The number of aryl methyl sites for hydroxylation is 1. The summed E-state index contributed by atoms with van der Waals surface area (Å²) in [6.07, 6.45) is 2.21. The monoisotopic (exact) mass is 392 g/mol. The van der Waals surface area contributed by atoms with Crippen LogP contribution in [0.3, 0.4) is 0 Å². The fraction of sp³-hybridized carbons (Fsp3) is 0.261. The molecule has 29 heavy (non-hydrogen) atoms. The van der Waals surface area contributed by atoms with Crippen LogP contribution in [0.5, 0.6) is 0 Å². The second kappa shape index (κ2) is 9.19. The first kappa shape index (κ1) is 20.3. The number of carbonyl (C=O) groups is 2. The maximum atomic E-state index is 12.3. The molecule has 6 nitrogen and oxygen atoms in total. The fourth-order valence-corrected chi connectivity index (χ4v) is 2.90. The summed E-state index contributed by atoms with van der Waals surface area (Å²) in [6.45, 7) is 4.30. The average molecular weight is 392 g/mol. The Morgan fingerprint density at radius 1 is 1.10 bits per heavy atom. The lowest BCUT2D eigenvalue weighted by Gasteiger charge is -2.09. The largest absolute Gasteiger partial charge is 0.465 e. The van der Waals surface area contributed by atoms with E-state index in [4.69, 9.17) is 9.15 Å². The highest BCUT2D eigenvalue weighted by atomic mass is 16.5. The van der Waals surface area contributed by atoms with E-state index in [-0.39, 0.29) is 12.3 Å². The van der Waals surface area contributed by atoms with E-state index in [1.54, 1.807) is 30.5 Å². The van der Waals surface area contributed by atoms with E-state index < -0.39 is 5.97 Å². The summed E-state index contributed by atoms with van der Waals surface area (Å²) in [5.41, 5.74) is 2.94. The minimum atomic E-state index is -0.498. The minimum absolute atomic E-state index is 0.182. The number of oxazole rings is 1. The van der Waals surface area contributed by atoms with Gasteiger partial charge in [0.15, 0.2) is 11.7 Å². The number of ether oxygens (including phenoxy) is 1. The van der Waals surface area contributed by atoms with Crippen molar-refractivity contribution in [3.63, 3.8) is 0 Å². The number of carbonyl (C=O) groups excluding carboxylic acids is 2. The SMILES string of the molecule is COC(=O)c1ccccc1NC(=O)CCc1ncc(-c2ccc(C(C)C)cc2)o1. The second-order valence-electron chi connectivity index (χ2n) is 6.98.